The Morgan fingerprint density at radius 1 is 0.941 bits per heavy atom. The van der Waals surface area contributed by atoms with Crippen LogP contribution in [0.3, 0.4) is 0 Å². The highest BCUT2D eigenvalue weighted by Gasteiger charge is 2.41. The van der Waals surface area contributed by atoms with Crippen LogP contribution in [0, 0.1) is 24.0 Å². The molecule has 0 unspecified atom stereocenters. The number of hydrogen-bond donors (Lipinski definition) is 1. The van der Waals surface area contributed by atoms with Crippen molar-refractivity contribution in [3.63, 3.8) is 0 Å². The third kappa shape index (κ3) is 4.25. The molecule has 34 heavy (non-hydrogen) atoms. The molecule has 0 aliphatic carbocycles. The number of nitro benzene ring substituents is 1. The van der Waals surface area contributed by atoms with Gasteiger partial charge in [0.1, 0.15) is 11.4 Å². The molecule has 0 saturated carbocycles. The predicted octanol–water partition coefficient (Wildman–Crippen LogP) is 5.01. The van der Waals surface area contributed by atoms with Gasteiger partial charge in [-0.2, -0.15) is 0 Å². The van der Waals surface area contributed by atoms with Crippen molar-refractivity contribution in [3.05, 3.63) is 99.2 Å². The fourth-order valence-electron chi connectivity index (χ4n) is 3.88. The van der Waals surface area contributed by atoms with E-state index in [9.17, 15) is 19.7 Å². The van der Waals surface area contributed by atoms with Gasteiger partial charge >= 0.3 is 0 Å². The van der Waals surface area contributed by atoms with Crippen molar-refractivity contribution in [2.24, 2.45) is 0 Å². The molecule has 3 aromatic carbocycles. The van der Waals surface area contributed by atoms with Crippen LogP contribution < -0.4 is 15.0 Å². The van der Waals surface area contributed by atoms with Gasteiger partial charge in [-0.1, -0.05) is 17.7 Å². The quantitative estimate of drug-likeness (QED) is 0.304. The van der Waals surface area contributed by atoms with E-state index in [1.54, 1.807) is 30.3 Å². The maximum atomic E-state index is 13.6. The van der Waals surface area contributed by atoms with E-state index in [1.807, 2.05) is 32.9 Å². The number of imide groups is 1. The number of anilines is 2. The molecule has 1 aliphatic rings. The molecule has 0 atom stereocenters. The molecule has 0 aromatic heterocycles. The summed E-state index contributed by atoms with van der Waals surface area (Å²) >= 11 is 0. The number of nitrogens with one attached hydrogen (secondary N) is 1. The highest BCUT2D eigenvalue weighted by molar-refractivity contribution is 6.46. The Labute approximate surface area is 196 Å². The molecule has 1 heterocycles. The van der Waals surface area contributed by atoms with E-state index in [2.05, 4.69) is 5.32 Å². The fourth-order valence-corrected chi connectivity index (χ4v) is 3.88. The largest absolute Gasteiger partial charge is 0.494 e. The van der Waals surface area contributed by atoms with Gasteiger partial charge in [0, 0.05) is 17.8 Å². The molecular weight excluding hydrogens is 434 g/mol. The van der Waals surface area contributed by atoms with Gasteiger partial charge in [-0.3, -0.25) is 19.7 Å². The van der Waals surface area contributed by atoms with Gasteiger partial charge in [-0.15, -0.1) is 0 Å². The first-order valence-corrected chi connectivity index (χ1v) is 10.7. The summed E-state index contributed by atoms with van der Waals surface area (Å²) in [6.07, 6.45) is 0. The Morgan fingerprint density at radius 3 is 2.21 bits per heavy atom. The number of nitro groups is 1. The van der Waals surface area contributed by atoms with Crippen molar-refractivity contribution in [1.82, 2.24) is 0 Å². The Kier molecular flexibility index (Phi) is 6.14. The van der Waals surface area contributed by atoms with E-state index in [-0.39, 0.29) is 17.0 Å². The first-order chi connectivity index (χ1) is 16.3. The molecule has 0 spiro atoms. The Hall–Kier alpha value is -4.46. The minimum Gasteiger partial charge on any atom is -0.494 e. The van der Waals surface area contributed by atoms with Crippen LogP contribution in [-0.2, 0) is 9.59 Å². The fraction of sp³-hybridized carbons (Fsp3) is 0.154. The SMILES string of the molecule is CCOc1ccc(NC2=C(c3ccc([N+](=O)[O-])cc3)C(=O)N(c3ccc(C)cc3C)C2=O)cc1. The van der Waals surface area contributed by atoms with Crippen LogP contribution in [0.15, 0.2) is 72.4 Å². The molecular formula is C26H23N3O5. The molecule has 0 bridgehead atoms. The van der Waals surface area contributed by atoms with E-state index >= 15 is 0 Å². The lowest BCUT2D eigenvalue weighted by molar-refractivity contribution is -0.384. The maximum absolute atomic E-state index is 13.6. The minimum atomic E-state index is -0.513. The molecule has 172 valence electrons. The number of ether oxygens (including phenoxy) is 1. The van der Waals surface area contributed by atoms with Crippen molar-refractivity contribution in [2.45, 2.75) is 20.8 Å². The summed E-state index contributed by atoms with van der Waals surface area (Å²) in [5, 5.41) is 14.2. The zero-order chi connectivity index (χ0) is 24.4. The topological polar surface area (TPSA) is 102 Å². The van der Waals surface area contributed by atoms with Crippen LogP contribution in [0.2, 0.25) is 0 Å². The van der Waals surface area contributed by atoms with Crippen LogP contribution in [-0.4, -0.2) is 23.3 Å². The lowest BCUT2D eigenvalue weighted by Crippen LogP contribution is -2.33. The highest BCUT2D eigenvalue weighted by atomic mass is 16.6. The summed E-state index contributed by atoms with van der Waals surface area (Å²) < 4.78 is 5.46. The average molecular weight is 457 g/mol. The standard InChI is InChI=1S/C26H23N3O5/c1-4-34-21-12-8-19(9-13-21)27-24-23(18-6-10-20(11-7-18)29(32)33)25(30)28(26(24)31)22-14-5-16(2)15-17(22)3/h5-15,27H,4H2,1-3H3. The monoisotopic (exact) mass is 457 g/mol. The van der Waals surface area contributed by atoms with Gasteiger partial charge in [0.25, 0.3) is 17.5 Å². The number of hydrogen-bond acceptors (Lipinski definition) is 6. The third-order valence-corrected chi connectivity index (χ3v) is 5.48. The van der Waals surface area contributed by atoms with E-state index in [1.165, 1.54) is 24.3 Å². The molecule has 8 nitrogen and oxygen atoms in total. The van der Waals surface area contributed by atoms with Gasteiger partial charge in [0.2, 0.25) is 0 Å². The van der Waals surface area contributed by atoms with Crippen LogP contribution in [0.5, 0.6) is 5.75 Å². The second-order valence-corrected chi connectivity index (χ2v) is 7.87. The van der Waals surface area contributed by atoms with Gasteiger partial charge in [0.05, 0.1) is 22.8 Å². The van der Waals surface area contributed by atoms with Gasteiger partial charge in [0.15, 0.2) is 0 Å². The number of amides is 2. The average Bonchev–Trinajstić information content (AvgIpc) is 3.05. The molecule has 0 radical (unpaired) electrons. The van der Waals surface area contributed by atoms with Crippen molar-refractivity contribution >= 4 is 34.4 Å². The smallest absolute Gasteiger partial charge is 0.282 e. The highest BCUT2D eigenvalue weighted by Crippen LogP contribution is 2.36. The van der Waals surface area contributed by atoms with Crippen molar-refractivity contribution in [1.29, 1.82) is 0 Å². The maximum Gasteiger partial charge on any atom is 0.282 e. The summed E-state index contributed by atoms with van der Waals surface area (Å²) in [5.74, 6) is -0.318. The van der Waals surface area contributed by atoms with E-state index < -0.39 is 16.7 Å². The summed E-state index contributed by atoms with van der Waals surface area (Å²) in [5.41, 5.74) is 3.43. The van der Waals surface area contributed by atoms with Crippen molar-refractivity contribution in [2.75, 3.05) is 16.8 Å². The molecule has 2 amide bonds. The normalized spacial score (nSPS) is 13.4. The predicted molar refractivity (Wildman–Crippen MR) is 130 cm³/mol. The van der Waals surface area contributed by atoms with E-state index in [0.29, 0.717) is 29.3 Å². The number of non-ortho nitro benzene ring substituents is 1. The first kappa shape index (κ1) is 22.7. The number of aryl methyl sites for hydroxylation is 2. The molecule has 0 saturated heterocycles. The minimum absolute atomic E-state index is 0.1000. The Balaban J connectivity index is 1.79. The second kappa shape index (κ2) is 9.19. The molecule has 8 heteroatoms. The van der Waals surface area contributed by atoms with Crippen molar-refractivity contribution in [3.8, 4) is 5.75 Å². The Bertz CT molecular complexity index is 1310. The lowest BCUT2D eigenvalue weighted by Gasteiger charge is -2.18. The Morgan fingerprint density at radius 2 is 1.62 bits per heavy atom. The molecule has 3 aromatic rings. The van der Waals surface area contributed by atoms with Gasteiger partial charge in [-0.05, 0) is 74.4 Å². The number of nitrogens with zero attached hydrogens (tertiary/aromatic N) is 2. The molecule has 1 N–H and O–H groups in total. The molecule has 1 aliphatic heterocycles. The second-order valence-electron chi connectivity index (χ2n) is 7.87. The molecule has 0 fully saturated rings. The van der Waals surface area contributed by atoms with Crippen LogP contribution in [0.4, 0.5) is 17.1 Å². The first-order valence-electron chi connectivity index (χ1n) is 10.7. The number of rotatable bonds is 7. The van der Waals surface area contributed by atoms with Crippen molar-refractivity contribution < 1.29 is 19.2 Å². The third-order valence-electron chi connectivity index (χ3n) is 5.48. The lowest BCUT2D eigenvalue weighted by atomic mass is 10.0. The summed E-state index contributed by atoms with van der Waals surface area (Å²) in [6.45, 7) is 6.19. The number of carbonyl (C=O) groups is 2. The molecule has 4 rings (SSSR count). The van der Waals surface area contributed by atoms with Crippen LogP contribution in [0.1, 0.15) is 23.6 Å². The van der Waals surface area contributed by atoms with Gasteiger partial charge in [-0.25, -0.2) is 4.90 Å². The summed E-state index contributed by atoms with van der Waals surface area (Å²) in [7, 11) is 0. The van der Waals surface area contributed by atoms with Crippen LogP contribution in [0.25, 0.3) is 5.57 Å². The van der Waals surface area contributed by atoms with Crippen LogP contribution >= 0.6 is 0 Å². The number of carbonyl (C=O) groups excluding carboxylic acids is 2. The zero-order valence-corrected chi connectivity index (χ0v) is 19.0. The number of benzene rings is 3. The van der Waals surface area contributed by atoms with Gasteiger partial charge < -0.3 is 10.1 Å². The summed E-state index contributed by atoms with van der Waals surface area (Å²) in [6, 6.07) is 18.1. The summed E-state index contributed by atoms with van der Waals surface area (Å²) in [4.78, 5) is 38.8. The van der Waals surface area contributed by atoms with E-state index in [4.69, 9.17) is 4.74 Å². The zero-order valence-electron chi connectivity index (χ0n) is 19.0. The van der Waals surface area contributed by atoms with E-state index in [0.717, 1.165) is 16.0 Å².